The van der Waals surface area contributed by atoms with E-state index in [0.717, 1.165) is 53.7 Å². The van der Waals surface area contributed by atoms with Gasteiger partial charge in [-0.15, -0.1) is 10.2 Å². The van der Waals surface area contributed by atoms with E-state index in [2.05, 4.69) is 81.6 Å². The average Bonchev–Trinajstić information content (AvgIpc) is 3.34. The van der Waals surface area contributed by atoms with Crippen molar-refractivity contribution in [1.29, 1.82) is 0 Å². The number of nitrogens with one attached hydrogen (secondary N) is 1. The van der Waals surface area contributed by atoms with Crippen LogP contribution in [-0.4, -0.2) is 55.7 Å². The second kappa shape index (κ2) is 9.90. The predicted octanol–water partition coefficient (Wildman–Crippen LogP) is 6.75. The largest absolute Gasteiger partial charge is 0.341 e. The maximum absolute atomic E-state index is 4.97. The molecule has 2 aliphatic carbocycles. The molecule has 7 heteroatoms. The number of aromatic amines is 1. The van der Waals surface area contributed by atoms with E-state index < -0.39 is 0 Å². The van der Waals surface area contributed by atoms with Crippen molar-refractivity contribution in [3.63, 3.8) is 0 Å². The fraction of sp³-hybridized carbons (Fsp3) is 0.529. The third kappa shape index (κ3) is 4.27. The zero-order valence-electron chi connectivity index (χ0n) is 24.4. The van der Waals surface area contributed by atoms with Crippen LogP contribution in [-0.2, 0) is 6.42 Å². The number of aromatic nitrogens is 5. The highest BCUT2D eigenvalue weighted by Gasteiger charge is 2.50. The molecule has 3 fully saturated rings. The van der Waals surface area contributed by atoms with E-state index in [1.807, 2.05) is 0 Å². The quantitative estimate of drug-likeness (QED) is 0.298. The van der Waals surface area contributed by atoms with Gasteiger partial charge in [-0.2, -0.15) is 0 Å². The van der Waals surface area contributed by atoms with Crippen molar-refractivity contribution >= 4 is 17.0 Å². The SMILES string of the molecule is CC[C@H]1c2c([nH]c3nnc(-c4ccccc4C)cc23)CCN1c1ncc(C2CCN(C3CC4(CCC4)C3)CC2)cn1. The van der Waals surface area contributed by atoms with Crippen LogP contribution < -0.4 is 4.90 Å². The maximum atomic E-state index is 4.97. The number of benzene rings is 1. The van der Waals surface area contributed by atoms with Gasteiger partial charge in [-0.1, -0.05) is 37.6 Å². The number of nitrogens with zero attached hydrogens (tertiary/aromatic N) is 6. The van der Waals surface area contributed by atoms with Crippen LogP contribution in [0.2, 0.25) is 0 Å². The maximum Gasteiger partial charge on any atom is 0.225 e. The number of hydrogen-bond acceptors (Lipinski definition) is 6. The number of anilines is 1. The summed E-state index contributed by atoms with van der Waals surface area (Å²) in [6.45, 7) is 7.76. The summed E-state index contributed by atoms with van der Waals surface area (Å²) in [4.78, 5) is 18.7. The Balaban J connectivity index is 0.998. The number of aryl methyl sites for hydroxylation is 1. The second-order valence-electron chi connectivity index (χ2n) is 13.2. The van der Waals surface area contributed by atoms with Gasteiger partial charge < -0.3 is 14.8 Å². The minimum absolute atomic E-state index is 0.206. The van der Waals surface area contributed by atoms with Crippen molar-refractivity contribution < 1.29 is 0 Å². The predicted molar refractivity (Wildman–Crippen MR) is 163 cm³/mol. The molecule has 1 spiro atoms. The lowest BCUT2D eigenvalue weighted by Crippen LogP contribution is -2.55. The van der Waals surface area contributed by atoms with E-state index in [9.17, 15) is 0 Å². The molecule has 4 aromatic rings. The molecule has 1 N–H and O–H groups in total. The lowest BCUT2D eigenvalue weighted by molar-refractivity contribution is -0.0611. The summed E-state index contributed by atoms with van der Waals surface area (Å²) in [5.74, 6) is 1.43. The summed E-state index contributed by atoms with van der Waals surface area (Å²) in [5.41, 5.74) is 8.83. The number of hydrogen-bond donors (Lipinski definition) is 1. The summed E-state index contributed by atoms with van der Waals surface area (Å²) in [5, 5.41) is 10.4. The number of H-pyrrole nitrogens is 1. The number of piperidine rings is 1. The third-order valence-corrected chi connectivity index (χ3v) is 11.0. The van der Waals surface area contributed by atoms with Gasteiger partial charge in [-0.25, -0.2) is 9.97 Å². The first-order valence-corrected chi connectivity index (χ1v) is 15.9. The molecular weight excluding hydrogens is 506 g/mol. The molecule has 0 unspecified atom stereocenters. The van der Waals surface area contributed by atoms with Crippen molar-refractivity contribution in [2.24, 2.45) is 5.41 Å². The zero-order chi connectivity index (χ0) is 27.6. The van der Waals surface area contributed by atoms with Gasteiger partial charge in [0, 0.05) is 53.6 Å². The molecule has 2 aliphatic heterocycles. The van der Waals surface area contributed by atoms with Crippen molar-refractivity contribution in [3.05, 3.63) is 65.1 Å². The van der Waals surface area contributed by atoms with E-state index in [4.69, 9.17) is 9.97 Å². The van der Waals surface area contributed by atoms with Crippen LogP contribution in [0.4, 0.5) is 5.95 Å². The highest BCUT2D eigenvalue weighted by atomic mass is 15.3. The molecule has 7 nitrogen and oxygen atoms in total. The Morgan fingerprint density at radius 3 is 2.49 bits per heavy atom. The highest BCUT2D eigenvalue weighted by molar-refractivity contribution is 5.86. The molecule has 4 aliphatic rings. The number of rotatable bonds is 5. The first-order chi connectivity index (χ1) is 20.1. The monoisotopic (exact) mass is 547 g/mol. The molecule has 0 radical (unpaired) electrons. The van der Waals surface area contributed by atoms with Gasteiger partial charge in [0.25, 0.3) is 0 Å². The first-order valence-electron chi connectivity index (χ1n) is 15.9. The summed E-state index contributed by atoms with van der Waals surface area (Å²) in [6, 6.07) is 11.7. The van der Waals surface area contributed by atoms with Crippen LogP contribution in [0.25, 0.3) is 22.3 Å². The van der Waals surface area contributed by atoms with E-state index >= 15 is 0 Å². The molecular formula is C34H41N7. The second-order valence-corrected chi connectivity index (χ2v) is 13.2. The molecule has 0 bridgehead atoms. The fourth-order valence-electron chi connectivity index (χ4n) is 8.41. The van der Waals surface area contributed by atoms with Crippen molar-refractivity contribution in [1.82, 2.24) is 30.0 Å². The van der Waals surface area contributed by atoms with Crippen molar-refractivity contribution in [2.45, 2.75) is 89.6 Å². The molecule has 1 atom stereocenters. The molecule has 1 aromatic carbocycles. The summed E-state index contributed by atoms with van der Waals surface area (Å²) < 4.78 is 0. The zero-order valence-corrected chi connectivity index (χ0v) is 24.4. The Hall–Kier alpha value is -3.32. The first kappa shape index (κ1) is 25.4. The smallest absolute Gasteiger partial charge is 0.225 e. The normalized spacial score (nSPS) is 23.0. The Labute approximate surface area is 242 Å². The Bertz CT molecular complexity index is 1550. The Morgan fingerprint density at radius 1 is 1.00 bits per heavy atom. The van der Waals surface area contributed by atoms with Gasteiger partial charge in [-0.05, 0) is 93.5 Å². The third-order valence-electron chi connectivity index (χ3n) is 11.0. The summed E-state index contributed by atoms with van der Waals surface area (Å²) in [6.07, 6.45) is 16.0. The van der Waals surface area contributed by atoms with Crippen LogP contribution in [0.5, 0.6) is 0 Å². The Kier molecular flexibility index (Phi) is 6.13. The van der Waals surface area contributed by atoms with Crippen LogP contribution in [0.1, 0.15) is 92.6 Å². The highest BCUT2D eigenvalue weighted by Crippen LogP contribution is 2.57. The van der Waals surface area contributed by atoms with Crippen LogP contribution in [0, 0.1) is 12.3 Å². The average molecular weight is 548 g/mol. The standard InChI is InChI=1S/C34H41N7/c1-3-30-31-27-17-29(26-8-5-4-7-22(26)2)38-39-32(27)37-28(31)11-16-41(30)33-35-20-24(21-36-33)23-9-14-40(15-10-23)25-18-34(19-25)12-6-13-34/h4-5,7-8,17,20-21,23,25,30H,3,6,9-16,18-19H2,1-2H3,(H,37,39)/t30-/m0/s1. The number of likely N-dealkylation sites (tertiary alicyclic amines) is 1. The fourth-order valence-corrected chi connectivity index (χ4v) is 8.41. The molecule has 5 heterocycles. The molecule has 0 amide bonds. The van der Waals surface area contributed by atoms with Crippen molar-refractivity contribution in [2.75, 3.05) is 24.5 Å². The van der Waals surface area contributed by atoms with Crippen molar-refractivity contribution in [3.8, 4) is 11.3 Å². The Morgan fingerprint density at radius 2 is 1.78 bits per heavy atom. The molecule has 3 aromatic heterocycles. The van der Waals surface area contributed by atoms with E-state index in [0.29, 0.717) is 5.92 Å². The van der Waals surface area contributed by atoms with Crippen LogP contribution in [0.3, 0.4) is 0 Å². The molecule has 212 valence electrons. The van der Waals surface area contributed by atoms with Gasteiger partial charge in [0.1, 0.15) is 0 Å². The lowest BCUT2D eigenvalue weighted by Gasteiger charge is -2.58. The minimum atomic E-state index is 0.206. The summed E-state index contributed by atoms with van der Waals surface area (Å²) in [7, 11) is 0. The van der Waals surface area contributed by atoms with Gasteiger partial charge >= 0.3 is 0 Å². The molecule has 8 rings (SSSR count). The summed E-state index contributed by atoms with van der Waals surface area (Å²) >= 11 is 0. The van der Waals surface area contributed by atoms with E-state index in [1.165, 1.54) is 85.8 Å². The minimum Gasteiger partial charge on any atom is -0.341 e. The molecule has 2 saturated carbocycles. The van der Waals surface area contributed by atoms with Gasteiger partial charge in [0.15, 0.2) is 5.65 Å². The van der Waals surface area contributed by atoms with E-state index in [1.54, 1.807) is 0 Å². The van der Waals surface area contributed by atoms with Gasteiger partial charge in [0.2, 0.25) is 5.95 Å². The van der Waals surface area contributed by atoms with Crippen LogP contribution in [0.15, 0.2) is 42.7 Å². The van der Waals surface area contributed by atoms with Crippen LogP contribution >= 0.6 is 0 Å². The lowest BCUT2D eigenvalue weighted by atomic mass is 9.53. The topological polar surface area (TPSA) is 73.8 Å². The van der Waals surface area contributed by atoms with Gasteiger partial charge in [0.05, 0.1) is 11.7 Å². The molecule has 41 heavy (non-hydrogen) atoms. The van der Waals surface area contributed by atoms with Gasteiger partial charge in [-0.3, -0.25) is 0 Å². The number of fused-ring (bicyclic) bond motifs is 3. The molecule has 1 saturated heterocycles. The van der Waals surface area contributed by atoms with E-state index in [-0.39, 0.29) is 6.04 Å².